The van der Waals surface area contributed by atoms with Crippen molar-refractivity contribution in [2.45, 2.75) is 33.1 Å². The smallest absolute Gasteiger partial charge is 0.266 e. The van der Waals surface area contributed by atoms with E-state index in [9.17, 15) is 4.79 Å². The number of aryl methyl sites for hydroxylation is 1. The van der Waals surface area contributed by atoms with Crippen LogP contribution < -0.4 is 4.74 Å². The first-order valence-electron chi connectivity index (χ1n) is 11.1. The highest BCUT2D eigenvalue weighted by Crippen LogP contribution is 2.36. The Morgan fingerprint density at radius 2 is 1.75 bits per heavy atom. The Labute approximate surface area is 194 Å². The lowest BCUT2D eigenvalue weighted by atomic mass is 10.0. The predicted molar refractivity (Wildman–Crippen MR) is 136 cm³/mol. The Kier molecular flexibility index (Phi) is 6.96. The van der Waals surface area contributed by atoms with Crippen LogP contribution in [0.3, 0.4) is 0 Å². The summed E-state index contributed by atoms with van der Waals surface area (Å²) in [7, 11) is 1.78. The fourth-order valence-electron chi connectivity index (χ4n) is 3.69. The molecule has 0 radical (unpaired) electrons. The topological polar surface area (TPSA) is 41.9 Å². The van der Waals surface area contributed by atoms with Crippen LogP contribution in [-0.4, -0.2) is 29.6 Å². The molecule has 0 aromatic heterocycles. The monoisotopic (exact) mass is 444 g/mol. The number of carbonyl (C=O) groups is 1. The summed E-state index contributed by atoms with van der Waals surface area (Å²) in [5.41, 5.74) is 3.09. The maximum atomic E-state index is 13.0. The second-order valence-corrected chi connectivity index (χ2v) is 8.76. The van der Waals surface area contributed by atoms with Crippen LogP contribution in [-0.2, 0) is 11.2 Å². The van der Waals surface area contributed by atoms with E-state index in [4.69, 9.17) is 9.73 Å². The molecule has 164 valence electrons. The van der Waals surface area contributed by atoms with Gasteiger partial charge in [0.05, 0.1) is 17.2 Å². The summed E-state index contributed by atoms with van der Waals surface area (Å²) < 4.78 is 6.01. The number of aliphatic imine (C=N–C) groups is 1. The van der Waals surface area contributed by atoms with Gasteiger partial charge < -0.3 is 4.74 Å². The average Bonchev–Trinajstić information content (AvgIpc) is 3.08. The summed E-state index contributed by atoms with van der Waals surface area (Å²) in [5, 5.41) is 2.84. The molecule has 3 aromatic rings. The molecule has 0 saturated carbocycles. The number of hydrogen-bond donors (Lipinski definition) is 0. The standard InChI is InChI=1S/C27H28N2O2S/c1-4-6-17-31-24-16-15-20(21-12-8-9-13-22(21)24)18-25-26(30)29(3)27(32-25)28-23-14-10-7-11-19(23)5-2/h7-16,18H,4-6,17H2,1-3H3/b25-18+,28-27?. The Bertz CT molecular complexity index is 1200. The lowest BCUT2D eigenvalue weighted by Crippen LogP contribution is -2.23. The minimum absolute atomic E-state index is 0.0323. The molecule has 0 aliphatic carbocycles. The van der Waals surface area contributed by atoms with Crippen LogP contribution in [0.5, 0.6) is 5.75 Å². The lowest BCUT2D eigenvalue weighted by Gasteiger charge is -2.11. The molecule has 1 aliphatic rings. The number of ether oxygens (including phenoxy) is 1. The Hall–Kier alpha value is -3.05. The maximum Gasteiger partial charge on any atom is 0.266 e. The number of amides is 1. The first-order chi connectivity index (χ1) is 15.6. The van der Waals surface area contributed by atoms with Crippen LogP contribution in [0.1, 0.15) is 37.8 Å². The molecule has 0 atom stereocenters. The maximum absolute atomic E-state index is 13.0. The van der Waals surface area contributed by atoms with Crippen molar-refractivity contribution in [3.8, 4) is 5.75 Å². The molecule has 1 saturated heterocycles. The molecule has 1 amide bonds. The van der Waals surface area contributed by atoms with E-state index in [-0.39, 0.29) is 5.91 Å². The van der Waals surface area contributed by atoms with Crippen LogP contribution in [0.2, 0.25) is 0 Å². The first kappa shape index (κ1) is 22.2. The highest BCUT2D eigenvalue weighted by atomic mass is 32.2. The zero-order chi connectivity index (χ0) is 22.5. The van der Waals surface area contributed by atoms with Gasteiger partial charge in [-0.15, -0.1) is 0 Å². The Morgan fingerprint density at radius 1 is 1.00 bits per heavy atom. The zero-order valence-corrected chi connectivity index (χ0v) is 19.6. The molecule has 0 spiro atoms. The fraction of sp³-hybridized carbons (Fsp3) is 0.259. The molecule has 32 heavy (non-hydrogen) atoms. The van der Waals surface area contributed by atoms with Gasteiger partial charge in [-0.05, 0) is 59.3 Å². The van der Waals surface area contributed by atoms with Crippen LogP contribution >= 0.6 is 11.8 Å². The van der Waals surface area contributed by atoms with Crippen molar-refractivity contribution < 1.29 is 9.53 Å². The molecule has 4 nitrogen and oxygen atoms in total. The third-order valence-corrected chi connectivity index (χ3v) is 6.61. The van der Waals surface area contributed by atoms with Crippen molar-refractivity contribution in [3.63, 3.8) is 0 Å². The van der Waals surface area contributed by atoms with Gasteiger partial charge in [-0.1, -0.05) is 68.8 Å². The average molecular weight is 445 g/mol. The van der Waals surface area contributed by atoms with Crippen molar-refractivity contribution in [1.29, 1.82) is 0 Å². The summed E-state index contributed by atoms with van der Waals surface area (Å²) in [6, 6.07) is 20.3. The van der Waals surface area contributed by atoms with Crippen molar-refractivity contribution >= 4 is 45.4 Å². The SMILES string of the molecule is CCCCOc1ccc(/C=C2/SC(=Nc3ccccc3CC)N(C)C2=O)c2ccccc12. The van der Waals surface area contributed by atoms with E-state index in [0.717, 1.165) is 47.0 Å². The van der Waals surface area contributed by atoms with Crippen molar-refractivity contribution in [3.05, 3.63) is 76.7 Å². The number of fused-ring (bicyclic) bond motifs is 1. The number of likely N-dealkylation sites (N-methyl/N-ethyl adjacent to an activating group) is 1. The van der Waals surface area contributed by atoms with Crippen molar-refractivity contribution in [2.24, 2.45) is 4.99 Å². The van der Waals surface area contributed by atoms with E-state index in [0.29, 0.717) is 16.7 Å². The van der Waals surface area contributed by atoms with Gasteiger partial charge in [0.25, 0.3) is 5.91 Å². The van der Waals surface area contributed by atoms with E-state index < -0.39 is 0 Å². The van der Waals surface area contributed by atoms with Gasteiger partial charge in [0.1, 0.15) is 5.75 Å². The molecule has 1 fully saturated rings. The van der Waals surface area contributed by atoms with E-state index in [1.54, 1.807) is 11.9 Å². The molecule has 0 N–H and O–H groups in total. The lowest BCUT2D eigenvalue weighted by molar-refractivity contribution is -0.121. The summed E-state index contributed by atoms with van der Waals surface area (Å²) in [4.78, 5) is 20.1. The summed E-state index contributed by atoms with van der Waals surface area (Å²) >= 11 is 1.42. The molecule has 0 bridgehead atoms. The number of unbranched alkanes of at least 4 members (excludes halogenated alkanes) is 1. The van der Waals surface area contributed by atoms with Crippen LogP contribution in [0.15, 0.2) is 70.6 Å². The fourth-order valence-corrected chi connectivity index (χ4v) is 4.66. The predicted octanol–water partition coefficient (Wildman–Crippen LogP) is 6.81. The number of hydrogen-bond acceptors (Lipinski definition) is 4. The highest BCUT2D eigenvalue weighted by Gasteiger charge is 2.30. The van der Waals surface area contributed by atoms with Gasteiger partial charge in [0.15, 0.2) is 5.17 Å². The van der Waals surface area contributed by atoms with Crippen molar-refractivity contribution in [1.82, 2.24) is 4.90 Å². The van der Waals surface area contributed by atoms with E-state index in [1.165, 1.54) is 17.3 Å². The molecule has 1 heterocycles. The normalized spacial score (nSPS) is 16.5. The first-order valence-corrected chi connectivity index (χ1v) is 11.9. The van der Waals surface area contributed by atoms with Crippen LogP contribution in [0.4, 0.5) is 5.69 Å². The van der Waals surface area contributed by atoms with Gasteiger partial charge in [0, 0.05) is 12.4 Å². The molecular formula is C27H28N2O2S. The molecular weight excluding hydrogens is 416 g/mol. The Balaban J connectivity index is 1.68. The van der Waals surface area contributed by atoms with E-state index in [1.807, 2.05) is 48.5 Å². The van der Waals surface area contributed by atoms with E-state index in [2.05, 4.69) is 32.0 Å². The summed E-state index contributed by atoms with van der Waals surface area (Å²) in [5.74, 6) is 0.854. The molecule has 5 heteroatoms. The zero-order valence-electron chi connectivity index (χ0n) is 18.8. The summed E-state index contributed by atoms with van der Waals surface area (Å²) in [6.07, 6.45) is 5.00. The number of para-hydroxylation sites is 1. The number of rotatable bonds is 7. The quantitative estimate of drug-likeness (QED) is 0.297. The van der Waals surface area contributed by atoms with Crippen LogP contribution in [0, 0.1) is 0 Å². The second-order valence-electron chi connectivity index (χ2n) is 7.75. The molecule has 1 aliphatic heterocycles. The molecule has 0 unspecified atom stereocenters. The number of thioether (sulfide) groups is 1. The molecule has 3 aromatic carbocycles. The second kappa shape index (κ2) is 10.0. The van der Waals surface area contributed by atoms with Gasteiger partial charge in [-0.2, -0.15) is 0 Å². The largest absolute Gasteiger partial charge is 0.493 e. The van der Waals surface area contributed by atoms with Gasteiger partial charge in [-0.3, -0.25) is 9.69 Å². The van der Waals surface area contributed by atoms with E-state index >= 15 is 0 Å². The number of amidine groups is 1. The van der Waals surface area contributed by atoms with Gasteiger partial charge >= 0.3 is 0 Å². The Morgan fingerprint density at radius 3 is 2.53 bits per heavy atom. The number of benzene rings is 3. The van der Waals surface area contributed by atoms with Gasteiger partial charge in [0.2, 0.25) is 0 Å². The minimum Gasteiger partial charge on any atom is -0.493 e. The van der Waals surface area contributed by atoms with Gasteiger partial charge in [-0.25, -0.2) is 4.99 Å². The summed E-state index contributed by atoms with van der Waals surface area (Å²) in [6.45, 7) is 4.98. The third-order valence-electron chi connectivity index (χ3n) is 5.55. The van der Waals surface area contributed by atoms with Crippen molar-refractivity contribution in [2.75, 3.05) is 13.7 Å². The number of carbonyl (C=O) groups excluding carboxylic acids is 1. The number of nitrogens with zero attached hydrogens (tertiary/aromatic N) is 2. The highest BCUT2D eigenvalue weighted by molar-refractivity contribution is 8.18. The minimum atomic E-state index is -0.0323. The third kappa shape index (κ3) is 4.58. The molecule has 4 rings (SSSR count). The van der Waals surface area contributed by atoms with Crippen LogP contribution in [0.25, 0.3) is 16.8 Å².